The first-order valence-electron chi connectivity index (χ1n) is 9.55. The molecular weight excluding hydrogens is 432 g/mol. The fourth-order valence-corrected chi connectivity index (χ4v) is 3.32. The number of rotatable bonds is 6. The van der Waals surface area contributed by atoms with Gasteiger partial charge in [0, 0.05) is 5.69 Å². The topological polar surface area (TPSA) is 84.9 Å². The van der Waals surface area contributed by atoms with Crippen LogP contribution in [0, 0.1) is 0 Å². The minimum absolute atomic E-state index is 0.0585. The first kappa shape index (κ1) is 21.1. The second-order valence-electron chi connectivity index (χ2n) is 6.74. The molecule has 3 aromatic carbocycles. The van der Waals surface area contributed by atoms with Gasteiger partial charge in [-0.2, -0.15) is 0 Å². The second kappa shape index (κ2) is 8.95. The summed E-state index contributed by atoms with van der Waals surface area (Å²) in [6.45, 7) is 0. The number of benzene rings is 3. The molecular formula is C24H17ClN2O5. The van der Waals surface area contributed by atoms with Crippen LogP contribution in [0.5, 0.6) is 11.5 Å². The molecule has 2 amide bonds. The quantitative estimate of drug-likeness (QED) is 0.434. The van der Waals surface area contributed by atoms with Crippen molar-refractivity contribution in [2.75, 3.05) is 17.3 Å². The van der Waals surface area contributed by atoms with Crippen molar-refractivity contribution in [1.82, 2.24) is 0 Å². The number of carbonyl (C=O) groups is 3. The normalized spacial score (nSPS) is 13.4. The maximum Gasteiger partial charge on any atom is 0.337 e. The van der Waals surface area contributed by atoms with Gasteiger partial charge in [0.05, 0.1) is 18.4 Å². The van der Waals surface area contributed by atoms with Gasteiger partial charge >= 0.3 is 5.97 Å². The Morgan fingerprint density at radius 3 is 2.25 bits per heavy atom. The van der Waals surface area contributed by atoms with Crippen LogP contribution in [0.1, 0.15) is 10.4 Å². The standard InChI is InChI=1S/C24H17ClN2O5/c1-31-24(30)15-6-5-7-17(14-15)27-22(28)20(25)21(23(27)29)26-16-10-12-19(13-11-16)32-18-8-3-2-4-9-18/h2-14,26H,1H3. The zero-order valence-electron chi connectivity index (χ0n) is 16.9. The maximum absolute atomic E-state index is 12.9. The van der Waals surface area contributed by atoms with E-state index in [0.29, 0.717) is 17.2 Å². The molecule has 32 heavy (non-hydrogen) atoms. The van der Waals surface area contributed by atoms with E-state index in [1.165, 1.54) is 25.3 Å². The molecule has 0 radical (unpaired) electrons. The van der Waals surface area contributed by atoms with Gasteiger partial charge in [0.25, 0.3) is 11.8 Å². The van der Waals surface area contributed by atoms with Crippen molar-refractivity contribution in [3.8, 4) is 11.5 Å². The third-order valence-corrected chi connectivity index (χ3v) is 5.01. The third kappa shape index (κ3) is 4.19. The summed E-state index contributed by atoms with van der Waals surface area (Å²) in [6, 6.07) is 22.2. The minimum Gasteiger partial charge on any atom is -0.465 e. The van der Waals surface area contributed by atoms with Crippen LogP contribution in [0.4, 0.5) is 11.4 Å². The van der Waals surface area contributed by atoms with Crippen LogP contribution in [-0.4, -0.2) is 24.9 Å². The zero-order chi connectivity index (χ0) is 22.7. The number of esters is 1. The van der Waals surface area contributed by atoms with Crippen molar-refractivity contribution in [2.45, 2.75) is 0 Å². The fraction of sp³-hybridized carbons (Fsp3) is 0.0417. The Balaban J connectivity index is 1.52. The van der Waals surface area contributed by atoms with Crippen LogP contribution < -0.4 is 15.0 Å². The molecule has 0 unspecified atom stereocenters. The Morgan fingerprint density at radius 1 is 0.875 bits per heavy atom. The number of nitrogens with one attached hydrogen (secondary N) is 1. The first-order valence-corrected chi connectivity index (χ1v) is 9.92. The van der Waals surface area contributed by atoms with E-state index in [1.807, 2.05) is 30.3 Å². The van der Waals surface area contributed by atoms with Crippen molar-refractivity contribution in [3.05, 3.63) is 95.2 Å². The summed E-state index contributed by atoms with van der Waals surface area (Å²) in [4.78, 5) is 38.3. The number of imide groups is 1. The summed E-state index contributed by atoms with van der Waals surface area (Å²) in [6.07, 6.45) is 0. The Kier molecular flexibility index (Phi) is 5.91. The predicted molar refractivity (Wildman–Crippen MR) is 120 cm³/mol. The van der Waals surface area contributed by atoms with Crippen molar-refractivity contribution < 1.29 is 23.9 Å². The van der Waals surface area contributed by atoms with Gasteiger partial charge in [0.2, 0.25) is 0 Å². The zero-order valence-corrected chi connectivity index (χ0v) is 17.6. The molecule has 0 saturated carbocycles. The lowest BCUT2D eigenvalue weighted by molar-refractivity contribution is -0.120. The Morgan fingerprint density at radius 2 is 1.56 bits per heavy atom. The SMILES string of the molecule is COC(=O)c1cccc(N2C(=O)C(Cl)=C(Nc3ccc(Oc4ccccc4)cc3)C2=O)c1. The molecule has 7 nitrogen and oxygen atoms in total. The molecule has 0 aromatic heterocycles. The largest absolute Gasteiger partial charge is 0.465 e. The molecule has 0 spiro atoms. The van der Waals surface area contributed by atoms with E-state index in [0.717, 1.165) is 4.90 Å². The Bertz CT molecular complexity index is 1220. The van der Waals surface area contributed by atoms with E-state index < -0.39 is 17.8 Å². The molecule has 1 aliphatic heterocycles. The lowest BCUT2D eigenvalue weighted by Crippen LogP contribution is -2.32. The number of anilines is 2. The number of ether oxygens (including phenoxy) is 2. The van der Waals surface area contributed by atoms with Crippen LogP contribution in [0.3, 0.4) is 0 Å². The van der Waals surface area contributed by atoms with Gasteiger partial charge in [0.1, 0.15) is 22.2 Å². The van der Waals surface area contributed by atoms with Gasteiger partial charge in [0.15, 0.2) is 0 Å². The van der Waals surface area contributed by atoms with E-state index in [4.69, 9.17) is 16.3 Å². The summed E-state index contributed by atoms with van der Waals surface area (Å²) in [5.74, 6) is -0.602. The fourth-order valence-electron chi connectivity index (χ4n) is 3.11. The summed E-state index contributed by atoms with van der Waals surface area (Å²) >= 11 is 6.18. The Labute approximate surface area is 188 Å². The number of hydrogen-bond acceptors (Lipinski definition) is 6. The number of nitrogens with zero attached hydrogens (tertiary/aromatic N) is 1. The van der Waals surface area contributed by atoms with Crippen molar-refractivity contribution in [2.24, 2.45) is 0 Å². The van der Waals surface area contributed by atoms with Crippen LogP contribution in [0.2, 0.25) is 0 Å². The number of carbonyl (C=O) groups excluding carboxylic acids is 3. The van der Waals surface area contributed by atoms with Gasteiger partial charge in [-0.15, -0.1) is 0 Å². The number of para-hydroxylation sites is 1. The molecule has 1 N–H and O–H groups in total. The molecule has 0 fully saturated rings. The smallest absolute Gasteiger partial charge is 0.337 e. The van der Waals surface area contributed by atoms with Gasteiger partial charge in [-0.25, -0.2) is 9.69 Å². The molecule has 0 aliphatic carbocycles. The molecule has 0 bridgehead atoms. The van der Waals surface area contributed by atoms with E-state index >= 15 is 0 Å². The van der Waals surface area contributed by atoms with Crippen LogP contribution in [-0.2, 0) is 14.3 Å². The molecule has 1 heterocycles. The summed E-state index contributed by atoms with van der Waals surface area (Å²) in [5, 5.41) is 2.65. The molecule has 8 heteroatoms. The monoisotopic (exact) mass is 448 g/mol. The van der Waals surface area contributed by atoms with Gasteiger partial charge < -0.3 is 14.8 Å². The van der Waals surface area contributed by atoms with Crippen LogP contribution >= 0.6 is 11.6 Å². The van der Waals surface area contributed by atoms with Gasteiger partial charge in [-0.3, -0.25) is 9.59 Å². The average Bonchev–Trinajstić information content (AvgIpc) is 3.03. The number of methoxy groups -OCH3 is 1. The lowest BCUT2D eigenvalue weighted by Gasteiger charge is -2.16. The molecule has 0 atom stereocenters. The average molecular weight is 449 g/mol. The van der Waals surface area contributed by atoms with Crippen molar-refractivity contribution in [1.29, 1.82) is 0 Å². The predicted octanol–water partition coefficient (Wildman–Crippen LogP) is 4.70. The van der Waals surface area contributed by atoms with Crippen LogP contribution in [0.25, 0.3) is 0 Å². The summed E-state index contributed by atoms with van der Waals surface area (Å²) in [7, 11) is 1.25. The highest BCUT2D eigenvalue weighted by Crippen LogP contribution is 2.31. The third-order valence-electron chi connectivity index (χ3n) is 4.66. The van der Waals surface area contributed by atoms with E-state index in [9.17, 15) is 14.4 Å². The summed E-state index contributed by atoms with van der Waals surface area (Å²) in [5.41, 5.74) is 0.906. The van der Waals surface area contributed by atoms with E-state index in [2.05, 4.69) is 10.1 Å². The molecule has 1 aliphatic rings. The lowest BCUT2D eigenvalue weighted by atomic mass is 10.2. The molecule has 3 aromatic rings. The molecule has 0 saturated heterocycles. The highest BCUT2D eigenvalue weighted by molar-refractivity contribution is 6.53. The van der Waals surface area contributed by atoms with Gasteiger partial charge in [-0.05, 0) is 54.6 Å². The van der Waals surface area contributed by atoms with Crippen molar-refractivity contribution in [3.63, 3.8) is 0 Å². The highest BCUT2D eigenvalue weighted by Gasteiger charge is 2.39. The Hall–Kier alpha value is -4.10. The number of halogens is 1. The number of amides is 2. The van der Waals surface area contributed by atoms with E-state index in [-0.39, 0.29) is 22.0 Å². The highest BCUT2D eigenvalue weighted by atomic mass is 35.5. The number of hydrogen-bond donors (Lipinski definition) is 1. The summed E-state index contributed by atoms with van der Waals surface area (Å²) < 4.78 is 10.4. The van der Waals surface area contributed by atoms with Crippen LogP contribution in [0.15, 0.2) is 89.6 Å². The molecule has 4 rings (SSSR count). The van der Waals surface area contributed by atoms with E-state index in [1.54, 1.807) is 30.3 Å². The minimum atomic E-state index is -0.690. The molecule has 160 valence electrons. The second-order valence-corrected chi connectivity index (χ2v) is 7.12. The van der Waals surface area contributed by atoms with Gasteiger partial charge in [-0.1, -0.05) is 35.9 Å². The first-order chi connectivity index (χ1) is 15.5. The maximum atomic E-state index is 12.9. The van der Waals surface area contributed by atoms with Crippen molar-refractivity contribution >= 4 is 40.8 Å².